The van der Waals surface area contributed by atoms with Gasteiger partial charge in [-0.1, -0.05) is 24.1 Å². The SMILES string of the molecule is Cc1cc(C)c([C@@H](N)[C@@H](O)C2CCC2)c(C)c1. The maximum Gasteiger partial charge on any atom is 0.0761 e. The van der Waals surface area contributed by atoms with Crippen LogP contribution in [0.15, 0.2) is 12.1 Å². The van der Waals surface area contributed by atoms with Crippen LogP contribution >= 0.6 is 0 Å². The summed E-state index contributed by atoms with van der Waals surface area (Å²) in [6.07, 6.45) is 3.10. The van der Waals surface area contributed by atoms with Crippen molar-refractivity contribution >= 4 is 0 Å². The first kappa shape index (κ1) is 12.6. The number of rotatable bonds is 3. The van der Waals surface area contributed by atoms with E-state index >= 15 is 0 Å². The van der Waals surface area contributed by atoms with Crippen molar-refractivity contribution in [3.8, 4) is 0 Å². The lowest BCUT2D eigenvalue weighted by atomic mass is 9.76. The Morgan fingerprint density at radius 3 is 2.12 bits per heavy atom. The van der Waals surface area contributed by atoms with Gasteiger partial charge >= 0.3 is 0 Å². The minimum Gasteiger partial charge on any atom is -0.391 e. The van der Waals surface area contributed by atoms with Gasteiger partial charge in [0, 0.05) is 0 Å². The van der Waals surface area contributed by atoms with Crippen LogP contribution in [0.2, 0.25) is 0 Å². The first-order chi connectivity index (χ1) is 8.00. The van der Waals surface area contributed by atoms with Gasteiger partial charge in [-0.3, -0.25) is 0 Å². The molecule has 0 saturated heterocycles. The van der Waals surface area contributed by atoms with Gasteiger partial charge in [-0.15, -0.1) is 0 Å². The Morgan fingerprint density at radius 2 is 1.71 bits per heavy atom. The second kappa shape index (κ2) is 4.79. The lowest BCUT2D eigenvalue weighted by Crippen LogP contribution is -2.37. The van der Waals surface area contributed by atoms with Gasteiger partial charge in [0.25, 0.3) is 0 Å². The summed E-state index contributed by atoms with van der Waals surface area (Å²) in [5.41, 5.74) is 11.0. The molecule has 0 aliphatic heterocycles. The molecule has 0 unspecified atom stereocenters. The highest BCUT2D eigenvalue weighted by molar-refractivity contribution is 5.40. The van der Waals surface area contributed by atoms with Crippen molar-refractivity contribution in [3.63, 3.8) is 0 Å². The number of aliphatic hydroxyl groups excluding tert-OH is 1. The number of aryl methyl sites for hydroxylation is 3. The molecule has 1 aliphatic rings. The van der Waals surface area contributed by atoms with E-state index < -0.39 is 0 Å². The molecule has 2 nitrogen and oxygen atoms in total. The quantitative estimate of drug-likeness (QED) is 0.843. The molecule has 94 valence electrons. The van der Waals surface area contributed by atoms with Crippen molar-refractivity contribution < 1.29 is 5.11 Å². The predicted octanol–water partition coefficient (Wildman–Crippen LogP) is 2.77. The minimum absolute atomic E-state index is 0.235. The molecule has 1 aromatic rings. The van der Waals surface area contributed by atoms with Crippen LogP contribution in [0.4, 0.5) is 0 Å². The molecule has 3 N–H and O–H groups in total. The number of hydrogen-bond acceptors (Lipinski definition) is 2. The fraction of sp³-hybridized carbons (Fsp3) is 0.600. The zero-order valence-corrected chi connectivity index (χ0v) is 11.0. The molecule has 1 aliphatic carbocycles. The van der Waals surface area contributed by atoms with Gasteiger partial charge in [0.15, 0.2) is 0 Å². The summed E-state index contributed by atoms with van der Waals surface area (Å²) in [4.78, 5) is 0. The lowest BCUT2D eigenvalue weighted by Gasteiger charge is -2.34. The second-order valence-electron chi connectivity index (χ2n) is 5.52. The smallest absolute Gasteiger partial charge is 0.0761 e. The van der Waals surface area contributed by atoms with E-state index in [9.17, 15) is 5.11 Å². The molecule has 1 fully saturated rings. The molecule has 1 saturated carbocycles. The van der Waals surface area contributed by atoms with Gasteiger partial charge < -0.3 is 10.8 Å². The van der Waals surface area contributed by atoms with E-state index in [1.807, 2.05) is 0 Å². The molecular formula is C15H23NO. The summed E-state index contributed by atoms with van der Waals surface area (Å²) < 4.78 is 0. The van der Waals surface area contributed by atoms with E-state index in [0.29, 0.717) is 5.92 Å². The van der Waals surface area contributed by atoms with Crippen molar-refractivity contribution in [1.29, 1.82) is 0 Å². The highest BCUT2D eigenvalue weighted by Crippen LogP contribution is 2.35. The van der Waals surface area contributed by atoms with Crippen LogP contribution in [0.5, 0.6) is 0 Å². The molecule has 2 heteroatoms. The Bertz CT molecular complexity index is 386. The molecule has 0 aromatic heterocycles. The third kappa shape index (κ3) is 2.38. The summed E-state index contributed by atoms with van der Waals surface area (Å²) in [7, 11) is 0. The topological polar surface area (TPSA) is 46.2 Å². The van der Waals surface area contributed by atoms with Crippen molar-refractivity contribution in [1.82, 2.24) is 0 Å². The summed E-state index contributed by atoms with van der Waals surface area (Å²) in [5, 5.41) is 10.3. The Balaban J connectivity index is 2.26. The molecule has 0 spiro atoms. The normalized spacial score (nSPS) is 19.8. The van der Waals surface area contributed by atoms with Crippen LogP contribution in [0, 0.1) is 26.7 Å². The van der Waals surface area contributed by atoms with E-state index in [2.05, 4.69) is 32.9 Å². The van der Waals surface area contributed by atoms with E-state index in [1.54, 1.807) is 0 Å². The van der Waals surface area contributed by atoms with Crippen molar-refractivity contribution in [3.05, 3.63) is 34.4 Å². The molecule has 2 atom stereocenters. The van der Waals surface area contributed by atoms with Gasteiger partial charge in [0.1, 0.15) is 0 Å². The Kier molecular flexibility index (Phi) is 3.55. The number of aliphatic hydroxyl groups is 1. The molecule has 0 radical (unpaired) electrons. The van der Waals surface area contributed by atoms with E-state index in [4.69, 9.17) is 5.73 Å². The van der Waals surface area contributed by atoms with Gasteiger partial charge in [0.2, 0.25) is 0 Å². The van der Waals surface area contributed by atoms with Crippen LogP contribution in [0.25, 0.3) is 0 Å². The third-order valence-corrected chi connectivity index (χ3v) is 4.07. The van der Waals surface area contributed by atoms with Crippen molar-refractivity contribution in [2.75, 3.05) is 0 Å². The zero-order valence-electron chi connectivity index (χ0n) is 11.0. The van der Waals surface area contributed by atoms with Crippen molar-refractivity contribution in [2.24, 2.45) is 11.7 Å². The number of hydrogen-bond donors (Lipinski definition) is 2. The summed E-state index contributed by atoms with van der Waals surface area (Å²) in [6, 6.07) is 4.06. The summed E-state index contributed by atoms with van der Waals surface area (Å²) >= 11 is 0. The Morgan fingerprint density at radius 1 is 1.18 bits per heavy atom. The zero-order chi connectivity index (χ0) is 12.6. The van der Waals surface area contributed by atoms with Gasteiger partial charge in [-0.05, 0) is 56.2 Å². The minimum atomic E-state index is -0.385. The van der Waals surface area contributed by atoms with Gasteiger partial charge in [-0.2, -0.15) is 0 Å². The maximum atomic E-state index is 10.3. The first-order valence-electron chi connectivity index (χ1n) is 6.52. The average Bonchev–Trinajstić information content (AvgIpc) is 2.12. The molecular weight excluding hydrogens is 210 g/mol. The molecule has 0 heterocycles. The second-order valence-corrected chi connectivity index (χ2v) is 5.52. The highest BCUT2D eigenvalue weighted by Gasteiger charge is 2.31. The summed E-state index contributed by atoms with van der Waals surface area (Å²) in [6.45, 7) is 6.27. The van der Waals surface area contributed by atoms with Crippen LogP contribution in [0.1, 0.15) is 47.6 Å². The average molecular weight is 233 g/mol. The lowest BCUT2D eigenvalue weighted by molar-refractivity contribution is 0.0410. The first-order valence-corrected chi connectivity index (χ1v) is 6.52. The molecule has 0 bridgehead atoms. The van der Waals surface area contributed by atoms with E-state index in [1.165, 1.54) is 23.1 Å². The molecule has 1 aromatic carbocycles. The molecule has 17 heavy (non-hydrogen) atoms. The van der Waals surface area contributed by atoms with Crippen LogP contribution in [0.3, 0.4) is 0 Å². The number of nitrogens with two attached hydrogens (primary N) is 1. The van der Waals surface area contributed by atoms with Crippen LogP contribution < -0.4 is 5.73 Å². The van der Waals surface area contributed by atoms with Crippen LogP contribution in [-0.4, -0.2) is 11.2 Å². The molecule has 0 amide bonds. The maximum absolute atomic E-state index is 10.3. The Hall–Kier alpha value is -0.860. The monoisotopic (exact) mass is 233 g/mol. The Labute approximate surface area is 104 Å². The van der Waals surface area contributed by atoms with E-state index in [-0.39, 0.29) is 12.1 Å². The van der Waals surface area contributed by atoms with Crippen LogP contribution in [-0.2, 0) is 0 Å². The van der Waals surface area contributed by atoms with E-state index in [0.717, 1.165) is 18.4 Å². The fourth-order valence-corrected chi connectivity index (χ4v) is 2.96. The molecule has 2 rings (SSSR count). The predicted molar refractivity (Wildman–Crippen MR) is 70.9 cm³/mol. The third-order valence-electron chi connectivity index (χ3n) is 4.07. The fourth-order valence-electron chi connectivity index (χ4n) is 2.96. The summed E-state index contributed by atoms with van der Waals surface area (Å²) in [5.74, 6) is 0.408. The standard InChI is InChI=1S/C15H23NO/c1-9-7-10(2)13(11(3)8-9)14(16)15(17)12-5-4-6-12/h7-8,12,14-15,17H,4-6,16H2,1-3H3/t14-,15+/m1/s1. The highest BCUT2D eigenvalue weighted by atomic mass is 16.3. The van der Waals surface area contributed by atoms with Gasteiger partial charge in [-0.25, -0.2) is 0 Å². The number of benzene rings is 1. The van der Waals surface area contributed by atoms with Gasteiger partial charge in [0.05, 0.1) is 12.1 Å². The largest absolute Gasteiger partial charge is 0.391 e. The van der Waals surface area contributed by atoms with Crippen molar-refractivity contribution in [2.45, 2.75) is 52.2 Å².